The van der Waals surface area contributed by atoms with Gasteiger partial charge in [-0.25, -0.2) is 4.98 Å². The van der Waals surface area contributed by atoms with Gasteiger partial charge in [-0.05, 0) is 67.9 Å². The van der Waals surface area contributed by atoms with Crippen molar-refractivity contribution in [3.63, 3.8) is 0 Å². The molecular formula is C22H27N5O2. The second-order valence-corrected chi connectivity index (χ2v) is 7.84. The minimum atomic E-state index is -0.637. The number of carbonyl (C=O) groups is 2. The standard InChI is InChI=1S/C22H27N5O2/c1-14-11-17(13-25-20(14)23)26-21(28)22(29)27-10-3-2-6-19(27)16-7-8-18-15(12-16)5-4-9-24-18/h7-8,11-13,19,24H,2-6,9-10H2,1H3,(H2,23,25)(H,26,28)/t19-/m0/s1. The zero-order valence-electron chi connectivity index (χ0n) is 16.7. The van der Waals surface area contributed by atoms with E-state index >= 15 is 0 Å². The molecule has 29 heavy (non-hydrogen) atoms. The molecule has 0 aliphatic carbocycles. The first-order valence-electron chi connectivity index (χ1n) is 10.2. The first-order chi connectivity index (χ1) is 14.0. The molecule has 1 atom stereocenters. The molecule has 1 saturated heterocycles. The van der Waals surface area contributed by atoms with E-state index in [4.69, 9.17) is 5.73 Å². The van der Waals surface area contributed by atoms with Crippen molar-refractivity contribution in [2.75, 3.05) is 29.5 Å². The fourth-order valence-electron chi connectivity index (χ4n) is 4.19. The number of piperidine rings is 1. The van der Waals surface area contributed by atoms with Crippen LogP contribution in [0.2, 0.25) is 0 Å². The van der Waals surface area contributed by atoms with Crippen molar-refractivity contribution < 1.29 is 9.59 Å². The summed E-state index contributed by atoms with van der Waals surface area (Å²) in [4.78, 5) is 31.4. The van der Waals surface area contributed by atoms with Crippen LogP contribution < -0.4 is 16.4 Å². The summed E-state index contributed by atoms with van der Waals surface area (Å²) >= 11 is 0. The minimum absolute atomic E-state index is 0.0690. The van der Waals surface area contributed by atoms with Crippen molar-refractivity contribution in [1.82, 2.24) is 9.88 Å². The van der Waals surface area contributed by atoms with E-state index in [1.54, 1.807) is 11.0 Å². The van der Waals surface area contributed by atoms with E-state index in [0.29, 0.717) is 18.1 Å². The van der Waals surface area contributed by atoms with Crippen LogP contribution in [-0.2, 0) is 16.0 Å². The number of hydrogen-bond acceptors (Lipinski definition) is 5. The van der Waals surface area contributed by atoms with Crippen molar-refractivity contribution >= 4 is 29.0 Å². The SMILES string of the molecule is Cc1cc(NC(=O)C(=O)N2CCCC[C@H]2c2ccc3c(c2)CCCN3)cnc1N. The molecule has 7 heteroatoms. The largest absolute Gasteiger partial charge is 0.385 e. The van der Waals surface area contributed by atoms with E-state index in [2.05, 4.69) is 33.8 Å². The highest BCUT2D eigenvalue weighted by molar-refractivity contribution is 6.39. The summed E-state index contributed by atoms with van der Waals surface area (Å²) in [7, 11) is 0. The smallest absolute Gasteiger partial charge is 0.313 e. The second-order valence-electron chi connectivity index (χ2n) is 7.84. The van der Waals surface area contributed by atoms with Crippen LogP contribution in [0.25, 0.3) is 0 Å². The van der Waals surface area contributed by atoms with Crippen molar-refractivity contribution in [3.05, 3.63) is 47.2 Å². The zero-order valence-corrected chi connectivity index (χ0v) is 16.7. The Bertz CT molecular complexity index is 943. The Morgan fingerprint density at radius 2 is 2.10 bits per heavy atom. The second kappa shape index (κ2) is 8.11. The van der Waals surface area contributed by atoms with Gasteiger partial charge in [0.25, 0.3) is 0 Å². The Balaban J connectivity index is 1.52. The van der Waals surface area contributed by atoms with Gasteiger partial charge in [0, 0.05) is 18.8 Å². The number of nitrogen functional groups attached to an aromatic ring is 1. The van der Waals surface area contributed by atoms with Crippen molar-refractivity contribution in [2.45, 2.75) is 45.1 Å². The maximum absolute atomic E-state index is 13.0. The van der Waals surface area contributed by atoms with Crippen molar-refractivity contribution in [3.8, 4) is 0 Å². The molecule has 2 amide bonds. The van der Waals surface area contributed by atoms with Gasteiger partial charge in [0.15, 0.2) is 0 Å². The number of amides is 2. The third-order valence-corrected chi connectivity index (χ3v) is 5.79. The molecule has 0 saturated carbocycles. The number of benzene rings is 1. The molecule has 152 valence electrons. The molecule has 2 aromatic rings. The quantitative estimate of drug-likeness (QED) is 0.681. The summed E-state index contributed by atoms with van der Waals surface area (Å²) in [5, 5.41) is 6.09. The number of hydrogen-bond donors (Lipinski definition) is 3. The average Bonchev–Trinajstić information content (AvgIpc) is 2.75. The van der Waals surface area contributed by atoms with Gasteiger partial charge in [0.2, 0.25) is 0 Å². The first-order valence-corrected chi connectivity index (χ1v) is 10.2. The van der Waals surface area contributed by atoms with Gasteiger partial charge in [-0.1, -0.05) is 12.1 Å². The number of rotatable bonds is 2. The molecule has 0 radical (unpaired) electrons. The van der Waals surface area contributed by atoms with Gasteiger partial charge in [0.05, 0.1) is 17.9 Å². The molecule has 4 rings (SSSR count). The number of aryl methyl sites for hydroxylation is 2. The zero-order chi connectivity index (χ0) is 20.4. The Hall–Kier alpha value is -3.09. The lowest BCUT2D eigenvalue weighted by Gasteiger charge is -2.36. The van der Waals surface area contributed by atoms with Crippen molar-refractivity contribution in [1.29, 1.82) is 0 Å². The number of nitrogens with zero attached hydrogens (tertiary/aromatic N) is 2. The number of fused-ring (bicyclic) bond motifs is 1. The third kappa shape index (κ3) is 4.04. The molecule has 3 heterocycles. The van der Waals surface area contributed by atoms with E-state index in [9.17, 15) is 9.59 Å². The van der Waals surface area contributed by atoms with E-state index in [0.717, 1.165) is 49.8 Å². The van der Waals surface area contributed by atoms with Crippen LogP contribution >= 0.6 is 0 Å². The summed E-state index contributed by atoms with van der Waals surface area (Å²) < 4.78 is 0. The monoisotopic (exact) mass is 393 g/mol. The number of anilines is 3. The van der Waals surface area contributed by atoms with Crippen molar-refractivity contribution in [2.24, 2.45) is 0 Å². The van der Waals surface area contributed by atoms with Crippen LogP contribution in [0.4, 0.5) is 17.2 Å². The van der Waals surface area contributed by atoms with E-state index in [1.807, 2.05) is 6.92 Å². The number of carbonyl (C=O) groups excluding carboxylic acids is 2. The summed E-state index contributed by atoms with van der Waals surface area (Å²) in [6.07, 6.45) is 6.45. The Labute approximate surface area is 170 Å². The number of likely N-dealkylation sites (tertiary alicyclic amines) is 1. The lowest BCUT2D eigenvalue weighted by Crippen LogP contribution is -2.44. The highest BCUT2D eigenvalue weighted by Gasteiger charge is 2.32. The highest BCUT2D eigenvalue weighted by atomic mass is 16.2. The Morgan fingerprint density at radius 1 is 1.24 bits per heavy atom. The molecule has 2 aliphatic rings. The topological polar surface area (TPSA) is 100 Å². The summed E-state index contributed by atoms with van der Waals surface area (Å²) in [6.45, 7) is 3.40. The van der Waals surface area contributed by atoms with Crippen LogP contribution in [0.15, 0.2) is 30.5 Å². The van der Waals surface area contributed by atoms with E-state index in [-0.39, 0.29) is 6.04 Å². The van der Waals surface area contributed by atoms with Gasteiger partial charge in [-0.3, -0.25) is 9.59 Å². The van der Waals surface area contributed by atoms with Gasteiger partial charge >= 0.3 is 11.8 Å². The number of nitrogens with two attached hydrogens (primary N) is 1. The molecule has 0 spiro atoms. The number of nitrogens with one attached hydrogen (secondary N) is 2. The fraction of sp³-hybridized carbons (Fsp3) is 0.409. The normalized spacial score (nSPS) is 18.5. The predicted octanol–water partition coefficient (Wildman–Crippen LogP) is 3.02. The molecule has 7 nitrogen and oxygen atoms in total. The number of aromatic nitrogens is 1. The molecular weight excluding hydrogens is 366 g/mol. The molecule has 1 aromatic carbocycles. The van der Waals surface area contributed by atoms with Crippen LogP contribution in [0.3, 0.4) is 0 Å². The van der Waals surface area contributed by atoms with E-state index < -0.39 is 11.8 Å². The van der Waals surface area contributed by atoms with Crippen LogP contribution in [0.1, 0.15) is 48.4 Å². The van der Waals surface area contributed by atoms with Crippen LogP contribution in [0, 0.1) is 6.92 Å². The Morgan fingerprint density at radius 3 is 2.93 bits per heavy atom. The first kappa shape index (κ1) is 19.2. The molecule has 0 unspecified atom stereocenters. The lowest BCUT2D eigenvalue weighted by atomic mass is 9.91. The maximum Gasteiger partial charge on any atom is 0.313 e. The van der Waals surface area contributed by atoms with Gasteiger partial charge in [-0.15, -0.1) is 0 Å². The lowest BCUT2D eigenvalue weighted by molar-refractivity contribution is -0.145. The maximum atomic E-state index is 13.0. The minimum Gasteiger partial charge on any atom is -0.385 e. The highest BCUT2D eigenvalue weighted by Crippen LogP contribution is 2.34. The molecule has 0 bridgehead atoms. The van der Waals surface area contributed by atoms with Gasteiger partial charge in [0.1, 0.15) is 5.82 Å². The molecule has 4 N–H and O–H groups in total. The van der Waals surface area contributed by atoms with Gasteiger partial charge < -0.3 is 21.3 Å². The fourth-order valence-corrected chi connectivity index (χ4v) is 4.19. The summed E-state index contributed by atoms with van der Waals surface area (Å²) in [6, 6.07) is 8.03. The Kier molecular flexibility index (Phi) is 5.38. The summed E-state index contributed by atoms with van der Waals surface area (Å²) in [5.74, 6) is -0.727. The molecule has 1 aromatic heterocycles. The van der Waals surface area contributed by atoms with Crippen LogP contribution in [-0.4, -0.2) is 34.8 Å². The van der Waals surface area contributed by atoms with E-state index in [1.165, 1.54) is 17.4 Å². The summed E-state index contributed by atoms with van der Waals surface area (Å²) in [5.41, 5.74) is 10.5. The van der Waals surface area contributed by atoms with Gasteiger partial charge in [-0.2, -0.15) is 0 Å². The van der Waals surface area contributed by atoms with Crippen LogP contribution in [0.5, 0.6) is 0 Å². The predicted molar refractivity (Wildman–Crippen MR) is 114 cm³/mol. The molecule has 2 aliphatic heterocycles. The number of pyridine rings is 1. The average molecular weight is 393 g/mol. The third-order valence-electron chi connectivity index (χ3n) is 5.79. The molecule has 1 fully saturated rings.